The van der Waals surface area contributed by atoms with Crippen molar-refractivity contribution in [3.63, 3.8) is 0 Å². The summed E-state index contributed by atoms with van der Waals surface area (Å²) in [5.41, 5.74) is 3.02. The first-order valence-corrected chi connectivity index (χ1v) is 9.56. The normalized spacial score (nSPS) is 13.9. The molecule has 9 heteroatoms. The summed E-state index contributed by atoms with van der Waals surface area (Å²) in [5.74, 6) is 3.00. The van der Waals surface area contributed by atoms with Crippen LogP contribution in [-0.2, 0) is 13.6 Å². The molecule has 0 amide bonds. The van der Waals surface area contributed by atoms with Crippen molar-refractivity contribution in [1.82, 2.24) is 34.6 Å². The molecule has 150 valence electrons. The van der Waals surface area contributed by atoms with Gasteiger partial charge in [-0.05, 0) is 24.8 Å². The Morgan fingerprint density at radius 2 is 1.90 bits per heavy atom. The van der Waals surface area contributed by atoms with Crippen LogP contribution in [0.5, 0.6) is 0 Å². The molecule has 0 N–H and O–H groups in total. The number of benzene rings is 1. The van der Waals surface area contributed by atoms with Gasteiger partial charge in [0, 0.05) is 25.2 Å². The number of aromatic nitrogens is 7. The van der Waals surface area contributed by atoms with Gasteiger partial charge in [0.25, 0.3) is 0 Å². The fraction of sp³-hybridized carbons (Fsp3) is 0.350. The van der Waals surface area contributed by atoms with Crippen LogP contribution in [0.1, 0.15) is 36.6 Å². The summed E-state index contributed by atoms with van der Waals surface area (Å²) in [6, 6.07) is 12.2. The van der Waals surface area contributed by atoms with Gasteiger partial charge in [-0.3, -0.25) is 4.68 Å². The number of fused-ring (bicyclic) bond motifs is 1. The number of aryl methyl sites for hydroxylation is 1. The molecule has 1 fully saturated rings. The second-order valence-corrected chi connectivity index (χ2v) is 7.40. The maximum Gasteiger partial charge on any atom is 0.185 e. The average molecular weight is 411 g/mol. The van der Waals surface area contributed by atoms with Gasteiger partial charge in [-0.25, -0.2) is 4.98 Å². The number of rotatable bonds is 5. The van der Waals surface area contributed by atoms with Crippen LogP contribution in [0.4, 0.5) is 5.82 Å². The largest absolute Gasteiger partial charge is 0.350 e. The quantitative estimate of drug-likeness (QED) is 0.502. The van der Waals surface area contributed by atoms with Crippen molar-refractivity contribution in [3.8, 4) is 11.4 Å². The van der Waals surface area contributed by atoms with Crippen LogP contribution in [0, 0.1) is 0 Å². The minimum Gasteiger partial charge on any atom is -0.350 e. The molecule has 5 rings (SSSR count). The van der Waals surface area contributed by atoms with Crippen molar-refractivity contribution in [2.24, 2.45) is 7.05 Å². The molecule has 3 aromatic heterocycles. The molecule has 4 aromatic rings. The molecule has 1 saturated carbocycles. The van der Waals surface area contributed by atoms with E-state index in [9.17, 15) is 0 Å². The van der Waals surface area contributed by atoms with Crippen LogP contribution in [-0.4, -0.2) is 41.6 Å². The zero-order valence-electron chi connectivity index (χ0n) is 16.4. The first kappa shape index (κ1) is 19.3. The van der Waals surface area contributed by atoms with Crippen molar-refractivity contribution in [1.29, 1.82) is 0 Å². The number of hydrogen-bond acceptors (Lipinski definition) is 6. The van der Waals surface area contributed by atoms with Crippen molar-refractivity contribution in [3.05, 3.63) is 54.1 Å². The van der Waals surface area contributed by atoms with Crippen molar-refractivity contribution in [2.45, 2.75) is 31.7 Å². The van der Waals surface area contributed by atoms with Crippen LogP contribution in [0.15, 0.2) is 42.7 Å². The molecule has 0 unspecified atom stereocenters. The summed E-state index contributed by atoms with van der Waals surface area (Å²) in [7, 11) is 3.92. The Balaban J connectivity index is 0.00000205. The predicted molar refractivity (Wildman–Crippen MR) is 113 cm³/mol. The van der Waals surface area contributed by atoms with E-state index in [1.165, 1.54) is 24.8 Å². The van der Waals surface area contributed by atoms with Gasteiger partial charge in [0.05, 0.1) is 6.54 Å². The molecule has 29 heavy (non-hydrogen) atoms. The summed E-state index contributed by atoms with van der Waals surface area (Å²) in [5, 5.41) is 18.2. The Hall–Kier alpha value is -3.00. The van der Waals surface area contributed by atoms with E-state index in [1.54, 1.807) is 11.0 Å². The van der Waals surface area contributed by atoms with Gasteiger partial charge in [0.15, 0.2) is 23.1 Å². The zero-order valence-corrected chi connectivity index (χ0v) is 17.2. The van der Waals surface area contributed by atoms with Crippen LogP contribution in [0.3, 0.4) is 0 Å². The third kappa shape index (κ3) is 3.55. The summed E-state index contributed by atoms with van der Waals surface area (Å²) in [4.78, 5) is 6.48. The molecule has 1 aliphatic rings. The third-order valence-electron chi connectivity index (χ3n) is 5.37. The smallest absolute Gasteiger partial charge is 0.185 e. The minimum atomic E-state index is 0. The number of anilines is 1. The first-order valence-electron chi connectivity index (χ1n) is 9.56. The lowest BCUT2D eigenvalue weighted by Crippen LogP contribution is -2.24. The first-order chi connectivity index (χ1) is 13.7. The Morgan fingerprint density at radius 3 is 2.55 bits per heavy atom. The van der Waals surface area contributed by atoms with Crippen LogP contribution in [0.2, 0.25) is 0 Å². The zero-order chi connectivity index (χ0) is 19.1. The summed E-state index contributed by atoms with van der Waals surface area (Å²) < 4.78 is 3.56. The average Bonchev–Trinajstić information content (AvgIpc) is 3.26. The van der Waals surface area contributed by atoms with Gasteiger partial charge in [0.2, 0.25) is 0 Å². The highest BCUT2D eigenvalue weighted by atomic mass is 35.5. The van der Waals surface area contributed by atoms with Crippen molar-refractivity contribution >= 4 is 23.9 Å². The van der Waals surface area contributed by atoms with Gasteiger partial charge in [-0.15, -0.1) is 27.7 Å². The van der Waals surface area contributed by atoms with E-state index in [-0.39, 0.29) is 12.4 Å². The van der Waals surface area contributed by atoms with E-state index in [1.807, 2.05) is 48.9 Å². The minimum absolute atomic E-state index is 0. The highest BCUT2D eigenvalue weighted by Crippen LogP contribution is 2.40. The molecule has 0 saturated heterocycles. The van der Waals surface area contributed by atoms with E-state index >= 15 is 0 Å². The van der Waals surface area contributed by atoms with Crippen LogP contribution in [0.25, 0.3) is 17.0 Å². The fourth-order valence-electron chi connectivity index (χ4n) is 3.66. The summed E-state index contributed by atoms with van der Waals surface area (Å²) >= 11 is 0. The standard InChI is InChI=1S/C20H22N8.ClH/c1-26(12-17-21-13-27(2)24-17)20-16(14-9-6-10-14)11-18-22-23-19(28(18)25-20)15-7-4-3-5-8-15;/h3-5,7-8,11,13-14H,6,9-10,12H2,1-2H3;1H. The fourth-order valence-corrected chi connectivity index (χ4v) is 3.66. The second-order valence-electron chi connectivity index (χ2n) is 7.40. The van der Waals surface area contributed by atoms with Gasteiger partial charge < -0.3 is 4.90 Å². The van der Waals surface area contributed by atoms with Gasteiger partial charge in [0.1, 0.15) is 6.33 Å². The van der Waals surface area contributed by atoms with Crippen LogP contribution < -0.4 is 4.90 Å². The number of hydrogen-bond donors (Lipinski definition) is 0. The molecule has 0 bridgehead atoms. The number of halogens is 1. The van der Waals surface area contributed by atoms with Gasteiger partial charge >= 0.3 is 0 Å². The van der Waals surface area contributed by atoms with Gasteiger partial charge in [-0.1, -0.05) is 36.8 Å². The Kier molecular flexibility index (Phi) is 5.19. The molecule has 0 spiro atoms. The van der Waals surface area contributed by atoms with Crippen molar-refractivity contribution in [2.75, 3.05) is 11.9 Å². The number of nitrogens with zero attached hydrogens (tertiary/aromatic N) is 8. The monoisotopic (exact) mass is 410 g/mol. The lowest BCUT2D eigenvalue weighted by atomic mass is 9.80. The Labute approximate surface area is 175 Å². The van der Waals surface area contributed by atoms with E-state index in [0.717, 1.165) is 28.7 Å². The van der Waals surface area contributed by atoms with Crippen molar-refractivity contribution < 1.29 is 0 Å². The molecule has 3 heterocycles. The molecular formula is C20H23ClN8. The summed E-state index contributed by atoms with van der Waals surface area (Å²) in [6.07, 6.45) is 5.38. The molecule has 1 aliphatic carbocycles. The molecule has 0 atom stereocenters. The van der Waals surface area contributed by atoms with E-state index in [4.69, 9.17) is 5.10 Å². The third-order valence-corrected chi connectivity index (χ3v) is 5.37. The molecule has 0 radical (unpaired) electrons. The lowest BCUT2D eigenvalue weighted by molar-refractivity contribution is 0.418. The van der Waals surface area contributed by atoms with E-state index in [2.05, 4.69) is 31.2 Å². The molecule has 8 nitrogen and oxygen atoms in total. The maximum absolute atomic E-state index is 4.97. The highest BCUT2D eigenvalue weighted by Gasteiger charge is 2.27. The van der Waals surface area contributed by atoms with E-state index in [0.29, 0.717) is 12.5 Å². The molecule has 1 aromatic carbocycles. The lowest BCUT2D eigenvalue weighted by Gasteiger charge is -2.30. The Bertz CT molecular complexity index is 1120. The second kappa shape index (κ2) is 7.79. The predicted octanol–water partition coefficient (Wildman–Crippen LogP) is 3.25. The summed E-state index contributed by atoms with van der Waals surface area (Å²) in [6.45, 7) is 0.599. The Morgan fingerprint density at radius 1 is 1.10 bits per heavy atom. The topological polar surface area (TPSA) is 77.0 Å². The molecule has 0 aliphatic heterocycles. The SMILES string of the molecule is CN(Cc1ncn(C)n1)c1nn2c(-c3ccccc3)nnc2cc1C1CCC1.Cl. The van der Waals surface area contributed by atoms with Gasteiger partial charge in [-0.2, -0.15) is 9.61 Å². The highest BCUT2D eigenvalue weighted by molar-refractivity contribution is 5.85. The van der Waals surface area contributed by atoms with E-state index < -0.39 is 0 Å². The van der Waals surface area contributed by atoms with Crippen LogP contribution >= 0.6 is 12.4 Å². The maximum atomic E-state index is 4.97. The molecular weight excluding hydrogens is 388 g/mol.